The monoisotopic (exact) mass is 173 g/mol. The molecule has 0 unspecified atom stereocenters. The van der Waals surface area contributed by atoms with Crippen LogP contribution < -0.4 is 10.5 Å². The summed E-state index contributed by atoms with van der Waals surface area (Å²) in [6, 6.07) is 0. The number of amides is 1. The summed E-state index contributed by atoms with van der Waals surface area (Å²) in [6.45, 7) is 0. The molecule has 60 valence electrons. The maximum atomic E-state index is 10.7. The molecule has 1 rings (SSSR count). The van der Waals surface area contributed by atoms with Gasteiger partial charge in [-0.2, -0.15) is 0 Å². The largest absolute Gasteiger partial charge is 0.506 e. The molecule has 0 radical (unpaired) electrons. The van der Waals surface area contributed by atoms with E-state index in [9.17, 15) is 4.79 Å². The quantitative estimate of drug-likeness (QED) is 0.686. The van der Waals surface area contributed by atoms with Gasteiger partial charge in [0.15, 0.2) is 5.06 Å². The Hall–Kier alpha value is -1.23. The molecule has 1 aromatic heterocycles. The summed E-state index contributed by atoms with van der Waals surface area (Å²) in [5.41, 5.74) is 5.02. The molecule has 0 aromatic carbocycles. The molecule has 0 aliphatic carbocycles. The third-order valence-electron chi connectivity index (χ3n) is 1.17. The van der Waals surface area contributed by atoms with Gasteiger partial charge in [-0.15, -0.1) is 11.3 Å². The van der Waals surface area contributed by atoms with Crippen LogP contribution in [0.2, 0.25) is 0 Å². The van der Waals surface area contributed by atoms with Gasteiger partial charge >= 0.3 is 0 Å². The molecular formula is C6H7NO3S. The van der Waals surface area contributed by atoms with Crippen LogP contribution in [0.25, 0.3) is 0 Å². The summed E-state index contributed by atoms with van der Waals surface area (Å²) in [6.07, 6.45) is 0. The van der Waals surface area contributed by atoms with E-state index < -0.39 is 5.91 Å². The van der Waals surface area contributed by atoms with E-state index >= 15 is 0 Å². The van der Waals surface area contributed by atoms with Crippen LogP contribution in [0, 0.1) is 0 Å². The van der Waals surface area contributed by atoms with E-state index in [0.717, 1.165) is 11.3 Å². The van der Waals surface area contributed by atoms with E-state index in [1.54, 1.807) is 0 Å². The average Bonchev–Trinajstić information content (AvgIpc) is 2.30. The highest BCUT2D eigenvalue weighted by atomic mass is 32.1. The number of ether oxygens (including phenoxy) is 1. The lowest BCUT2D eigenvalue weighted by molar-refractivity contribution is 0.0995. The maximum Gasteiger partial charge on any atom is 0.257 e. The number of hydrogen-bond acceptors (Lipinski definition) is 4. The minimum atomic E-state index is -0.680. The van der Waals surface area contributed by atoms with E-state index in [4.69, 9.17) is 15.6 Å². The van der Waals surface area contributed by atoms with Gasteiger partial charge in [-0.05, 0) is 0 Å². The SMILES string of the molecule is COc1scc(O)c1C(N)=O. The zero-order valence-corrected chi connectivity index (χ0v) is 6.64. The molecule has 0 saturated carbocycles. The lowest BCUT2D eigenvalue weighted by Gasteiger charge is -1.96. The number of aromatic hydroxyl groups is 1. The molecule has 4 nitrogen and oxygen atoms in total. The Morgan fingerprint density at radius 2 is 2.45 bits per heavy atom. The second-order valence-corrected chi connectivity index (χ2v) is 2.69. The third-order valence-corrected chi connectivity index (χ3v) is 2.10. The molecule has 0 bridgehead atoms. The van der Waals surface area contributed by atoms with Crippen LogP contribution >= 0.6 is 11.3 Å². The summed E-state index contributed by atoms with van der Waals surface area (Å²) in [4.78, 5) is 10.7. The van der Waals surface area contributed by atoms with Gasteiger partial charge in [0, 0.05) is 5.38 Å². The lowest BCUT2D eigenvalue weighted by Crippen LogP contribution is -2.10. The molecule has 1 heterocycles. The zero-order valence-electron chi connectivity index (χ0n) is 5.83. The summed E-state index contributed by atoms with van der Waals surface area (Å²) in [5, 5.41) is 10.8. The Balaban J connectivity index is 3.17. The average molecular weight is 173 g/mol. The molecule has 3 N–H and O–H groups in total. The van der Waals surface area contributed by atoms with E-state index in [2.05, 4.69) is 0 Å². The van der Waals surface area contributed by atoms with Gasteiger partial charge in [-0.25, -0.2) is 0 Å². The highest BCUT2D eigenvalue weighted by molar-refractivity contribution is 7.12. The number of carbonyl (C=O) groups excluding carboxylic acids is 1. The molecule has 0 atom stereocenters. The van der Waals surface area contributed by atoms with Crippen molar-refractivity contribution in [1.29, 1.82) is 0 Å². The second-order valence-electron chi connectivity index (χ2n) is 1.85. The molecule has 0 saturated heterocycles. The van der Waals surface area contributed by atoms with E-state index in [1.165, 1.54) is 12.5 Å². The minimum Gasteiger partial charge on any atom is -0.506 e. The van der Waals surface area contributed by atoms with Crippen molar-refractivity contribution >= 4 is 17.2 Å². The van der Waals surface area contributed by atoms with Crippen molar-refractivity contribution in [3.05, 3.63) is 10.9 Å². The summed E-state index contributed by atoms with van der Waals surface area (Å²) < 4.78 is 4.79. The van der Waals surface area contributed by atoms with Gasteiger partial charge in [-0.1, -0.05) is 0 Å². The molecule has 1 amide bonds. The van der Waals surface area contributed by atoms with Crippen molar-refractivity contribution < 1.29 is 14.6 Å². The second kappa shape index (κ2) is 2.79. The van der Waals surface area contributed by atoms with Crippen molar-refractivity contribution in [3.8, 4) is 10.8 Å². The molecule has 1 aromatic rings. The van der Waals surface area contributed by atoms with Gasteiger partial charge in [0.1, 0.15) is 11.3 Å². The molecule has 11 heavy (non-hydrogen) atoms. The van der Waals surface area contributed by atoms with Gasteiger partial charge in [0.2, 0.25) is 0 Å². The molecule has 0 aliphatic heterocycles. The summed E-state index contributed by atoms with van der Waals surface area (Å²) in [7, 11) is 1.41. The number of primary amides is 1. The molecule has 0 aliphatic rings. The highest BCUT2D eigenvalue weighted by Crippen LogP contribution is 2.34. The lowest BCUT2D eigenvalue weighted by atomic mass is 10.3. The Morgan fingerprint density at radius 3 is 2.82 bits per heavy atom. The number of hydrogen-bond donors (Lipinski definition) is 2. The normalized spacial score (nSPS) is 9.55. The minimum absolute atomic E-state index is 0.0532. The van der Waals surface area contributed by atoms with Crippen molar-refractivity contribution in [2.45, 2.75) is 0 Å². The van der Waals surface area contributed by atoms with Crippen molar-refractivity contribution in [3.63, 3.8) is 0 Å². The predicted molar refractivity (Wildman–Crippen MR) is 41.1 cm³/mol. The van der Waals surface area contributed by atoms with E-state index in [1.807, 2.05) is 0 Å². The fourth-order valence-electron chi connectivity index (χ4n) is 0.709. The van der Waals surface area contributed by atoms with Crippen LogP contribution in [0.15, 0.2) is 5.38 Å². The van der Waals surface area contributed by atoms with Crippen molar-refractivity contribution in [1.82, 2.24) is 0 Å². The van der Waals surface area contributed by atoms with Crippen LogP contribution in [0.3, 0.4) is 0 Å². The van der Waals surface area contributed by atoms with Gasteiger partial charge < -0.3 is 15.6 Å². The van der Waals surface area contributed by atoms with E-state index in [0.29, 0.717) is 5.06 Å². The zero-order chi connectivity index (χ0) is 8.43. The molecule has 0 fully saturated rings. The first-order chi connectivity index (χ1) is 5.16. The van der Waals surface area contributed by atoms with Gasteiger partial charge in [-0.3, -0.25) is 4.79 Å². The predicted octanol–water partition coefficient (Wildman–Crippen LogP) is 0.561. The van der Waals surface area contributed by atoms with Crippen molar-refractivity contribution in [2.75, 3.05) is 7.11 Å². The Morgan fingerprint density at radius 1 is 1.82 bits per heavy atom. The fourth-order valence-corrected chi connectivity index (χ4v) is 1.46. The first kappa shape index (κ1) is 7.87. The Bertz CT molecular complexity index is 281. The summed E-state index contributed by atoms with van der Waals surface area (Å²) in [5.74, 6) is -0.806. The standard InChI is InChI=1S/C6H7NO3S/c1-10-6-4(5(7)9)3(8)2-11-6/h2,8H,1H3,(H2,7,9). The molecule has 0 spiro atoms. The number of methoxy groups -OCH3 is 1. The first-order valence-electron chi connectivity index (χ1n) is 2.81. The highest BCUT2D eigenvalue weighted by Gasteiger charge is 2.16. The molecule has 5 heteroatoms. The number of carbonyl (C=O) groups is 1. The number of rotatable bonds is 2. The summed E-state index contributed by atoms with van der Waals surface area (Å²) >= 11 is 1.13. The van der Waals surface area contributed by atoms with Gasteiger partial charge in [0.05, 0.1) is 7.11 Å². The van der Waals surface area contributed by atoms with E-state index in [-0.39, 0.29) is 11.3 Å². The van der Waals surface area contributed by atoms with Crippen LogP contribution in [0.5, 0.6) is 10.8 Å². The van der Waals surface area contributed by atoms with Crippen LogP contribution in [-0.2, 0) is 0 Å². The number of thiophene rings is 1. The van der Waals surface area contributed by atoms with Crippen LogP contribution in [0.1, 0.15) is 10.4 Å². The van der Waals surface area contributed by atoms with Crippen molar-refractivity contribution in [2.24, 2.45) is 5.73 Å². The van der Waals surface area contributed by atoms with Crippen LogP contribution in [-0.4, -0.2) is 18.1 Å². The third kappa shape index (κ3) is 1.27. The Labute approximate surface area is 67.2 Å². The smallest absolute Gasteiger partial charge is 0.257 e. The fraction of sp³-hybridized carbons (Fsp3) is 0.167. The Kier molecular flexibility index (Phi) is 2.00. The molecular weight excluding hydrogens is 166 g/mol. The van der Waals surface area contributed by atoms with Crippen LogP contribution in [0.4, 0.5) is 0 Å². The first-order valence-corrected chi connectivity index (χ1v) is 3.69. The topological polar surface area (TPSA) is 72.6 Å². The van der Waals surface area contributed by atoms with Gasteiger partial charge in [0.25, 0.3) is 5.91 Å². The maximum absolute atomic E-state index is 10.7. The number of nitrogens with two attached hydrogens (primary N) is 1.